The molecule has 18 heavy (non-hydrogen) atoms. The first kappa shape index (κ1) is 14.6. The fourth-order valence-electron chi connectivity index (χ4n) is 2.26. The molecule has 2 atom stereocenters. The number of nitrogens with one attached hydrogen (secondary N) is 1. The van der Waals surface area contributed by atoms with Gasteiger partial charge in [0.25, 0.3) is 5.69 Å². The monoisotopic (exact) mass is 250 g/mol. The minimum Gasteiger partial charge on any atom is -0.314 e. The van der Waals surface area contributed by atoms with E-state index in [-0.39, 0.29) is 10.6 Å². The molecule has 4 nitrogen and oxygen atoms in total. The fourth-order valence-corrected chi connectivity index (χ4v) is 2.26. The molecule has 0 aliphatic carbocycles. The maximum Gasteiger partial charge on any atom is 0.269 e. The Hall–Kier alpha value is -1.42. The summed E-state index contributed by atoms with van der Waals surface area (Å²) >= 11 is 0. The fraction of sp³-hybridized carbons (Fsp3) is 0.571. The maximum atomic E-state index is 10.7. The van der Waals surface area contributed by atoms with Gasteiger partial charge in [0.05, 0.1) is 4.92 Å². The van der Waals surface area contributed by atoms with Crippen LogP contribution in [0.4, 0.5) is 5.69 Å². The van der Waals surface area contributed by atoms with E-state index in [2.05, 4.69) is 26.1 Å². The van der Waals surface area contributed by atoms with Crippen molar-refractivity contribution >= 4 is 5.69 Å². The third kappa shape index (κ3) is 4.11. The average Bonchev–Trinajstić information content (AvgIpc) is 2.36. The number of benzene rings is 1. The molecule has 0 radical (unpaired) electrons. The van der Waals surface area contributed by atoms with E-state index in [1.54, 1.807) is 12.1 Å². The van der Waals surface area contributed by atoms with E-state index in [4.69, 9.17) is 0 Å². The predicted octanol–water partition coefficient (Wildman–Crippen LogP) is 3.16. The Morgan fingerprint density at radius 3 is 2.67 bits per heavy atom. The molecule has 0 amide bonds. The van der Waals surface area contributed by atoms with Crippen LogP contribution in [0.1, 0.15) is 32.8 Å². The molecule has 0 aliphatic heterocycles. The van der Waals surface area contributed by atoms with Gasteiger partial charge in [-0.1, -0.05) is 32.4 Å². The Labute approximate surface area is 109 Å². The summed E-state index contributed by atoms with van der Waals surface area (Å²) in [7, 11) is 0. The van der Waals surface area contributed by atoms with Crippen molar-refractivity contribution in [3.63, 3.8) is 0 Å². The van der Waals surface area contributed by atoms with Crippen molar-refractivity contribution < 1.29 is 4.92 Å². The Balaban J connectivity index is 2.75. The van der Waals surface area contributed by atoms with Crippen LogP contribution in [0.15, 0.2) is 24.3 Å². The van der Waals surface area contributed by atoms with Gasteiger partial charge in [-0.15, -0.1) is 0 Å². The Morgan fingerprint density at radius 2 is 2.11 bits per heavy atom. The average molecular weight is 250 g/mol. The third-order valence-corrected chi connectivity index (χ3v) is 3.38. The first-order valence-corrected chi connectivity index (χ1v) is 6.55. The Kier molecular flexibility index (Phi) is 5.78. The molecule has 100 valence electrons. The highest BCUT2D eigenvalue weighted by molar-refractivity contribution is 5.34. The number of nitro benzene ring substituents is 1. The molecule has 1 rings (SSSR count). The molecule has 0 aromatic heterocycles. The standard InChI is InChI=1S/C14H22N2O2/c1-4-13(11(3)15-5-2)9-12-7-6-8-14(10-12)16(17)18/h6-8,10-11,13,15H,4-5,9H2,1-3H3. The quantitative estimate of drug-likeness (QED) is 0.597. The van der Waals surface area contributed by atoms with Crippen LogP contribution in [0.2, 0.25) is 0 Å². The molecule has 0 saturated carbocycles. The highest BCUT2D eigenvalue weighted by Crippen LogP contribution is 2.19. The van der Waals surface area contributed by atoms with Crippen LogP contribution in [0.3, 0.4) is 0 Å². The molecule has 2 unspecified atom stereocenters. The van der Waals surface area contributed by atoms with Gasteiger partial charge in [-0.3, -0.25) is 10.1 Å². The Bertz CT molecular complexity index is 393. The molecule has 0 bridgehead atoms. The number of nitrogens with zero attached hydrogens (tertiary/aromatic N) is 1. The second kappa shape index (κ2) is 7.11. The van der Waals surface area contributed by atoms with Gasteiger partial charge in [0.15, 0.2) is 0 Å². The van der Waals surface area contributed by atoms with E-state index in [1.165, 1.54) is 6.07 Å². The summed E-state index contributed by atoms with van der Waals surface area (Å²) in [6.07, 6.45) is 1.95. The molecule has 0 fully saturated rings. The molecule has 1 N–H and O–H groups in total. The van der Waals surface area contributed by atoms with Crippen LogP contribution < -0.4 is 5.32 Å². The molecular weight excluding hydrogens is 228 g/mol. The summed E-state index contributed by atoms with van der Waals surface area (Å²) in [5, 5.41) is 14.2. The molecule has 0 heterocycles. The first-order valence-electron chi connectivity index (χ1n) is 6.55. The lowest BCUT2D eigenvalue weighted by molar-refractivity contribution is -0.384. The van der Waals surface area contributed by atoms with Crippen molar-refractivity contribution in [3.8, 4) is 0 Å². The topological polar surface area (TPSA) is 55.2 Å². The molecule has 0 saturated heterocycles. The zero-order valence-electron chi connectivity index (χ0n) is 11.3. The minimum atomic E-state index is -0.335. The summed E-state index contributed by atoms with van der Waals surface area (Å²) < 4.78 is 0. The maximum absolute atomic E-state index is 10.7. The Morgan fingerprint density at radius 1 is 1.39 bits per heavy atom. The van der Waals surface area contributed by atoms with Gasteiger partial charge in [0.1, 0.15) is 0 Å². The molecule has 4 heteroatoms. The smallest absolute Gasteiger partial charge is 0.269 e. The largest absolute Gasteiger partial charge is 0.314 e. The van der Waals surface area contributed by atoms with Crippen LogP contribution >= 0.6 is 0 Å². The minimum absolute atomic E-state index is 0.179. The zero-order valence-corrected chi connectivity index (χ0v) is 11.3. The van der Waals surface area contributed by atoms with E-state index in [0.717, 1.165) is 24.9 Å². The van der Waals surface area contributed by atoms with E-state index in [0.29, 0.717) is 12.0 Å². The van der Waals surface area contributed by atoms with Gasteiger partial charge in [0, 0.05) is 18.2 Å². The van der Waals surface area contributed by atoms with Gasteiger partial charge in [-0.2, -0.15) is 0 Å². The van der Waals surface area contributed by atoms with Crippen LogP contribution in [0.25, 0.3) is 0 Å². The normalized spacial score (nSPS) is 14.2. The van der Waals surface area contributed by atoms with Crippen molar-refractivity contribution in [1.29, 1.82) is 0 Å². The SMILES string of the molecule is CCNC(C)C(CC)Cc1cccc([N+](=O)[O-])c1. The van der Waals surface area contributed by atoms with Crippen LogP contribution in [-0.4, -0.2) is 17.5 Å². The van der Waals surface area contributed by atoms with Crippen LogP contribution in [0, 0.1) is 16.0 Å². The van der Waals surface area contributed by atoms with Gasteiger partial charge < -0.3 is 5.32 Å². The summed E-state index contributed by atoms with van der Waals surface area (Å²) in [5.41, 5.74) is 1.22. The van der Waals surface area contributed by atoms with E-state index in [1.807, 2.05) is 6.07 Å². The number of nitro groups is 1. The van der Waals surface area contributed by atoms with E-state index < -0.39 is 0 Å². The van der Waals surface area contributed by atoms with Crippen molar-refractivity contribution in [2.75, 3.05) is 6.54 Å². The van der Waals surface area contributed by atoms with Crippen molar-refractivity contribution in [2.24, 2.45) is 5.92 Å². The van der Waals surface area contributed by atoms with Gasteiger partial charge in [-0.05, 0) is 31.4 Å². The molecule has 1 aromatic carbocycles. The summed E-state index contributed by atoms with van der Waals surface area (Å²) in [4.78, 5) is 10.4. The summed E-state index contributed by atoms with van der Waals surface area (Å²) in [5.74, 6) is 0.506. The number of non-ortho nitro benzene ring substituents is 1. The van der Waals surface area contributed by atoms with Gasteiger partial charge in [0.2, 0.25) is 0 Å². The van der Waals surface area contributed by atoms with Crippen molar-refractivity contribution in [3.05, 3.63) is 39.9 Å². The number of hydrogen-bond donors (Lipinski definition) is 1. The van der Waals surface area contributed by atoms with Crippen molar-refractivity contribution in [2.45, 2.75) is 39.7 Å². The van der Waals surface area contributed by atoms with Crippen LogP contribution in [-0.2, 0) is 6.42 Å². The van der Waals surface area contributed by atoms with Crippen LogP contribution in [0.5, 0.6) is 0 Å². The van der Waals surface area contributed by atoms with Crippen molar-refractivity contribution in [1.82, 2.24) is 5.32 Å². The highest BCUT2D eigenvalue weighted by atomic mass is 16.6. The first-order chi connectivity index (χ1) is 8.58. The number of hydrogen-bond acceptors (Lipinski definition) is 3. The molecular formula is C14H22N2O2. The molecule has 1 aromatic rings. The molecule has 0 aliphatic rings. The summed E-state index contributed by atoms with van der Waals surface area (Å²) in [6.45, 7) is 7.38. The lowest BCUT2D eigenvalue weighted by Crippen LogP contribution is -2.34. The predicted molar refractivity (Wildman–Crippen MR) is 73.7 cm³/mol. The van der Waals surface area contributed by atoms with Gasteiger partial charge in [-0.25, -0.2) is 0 Å². The second-order valence-electron chi connectivity index (χ2n) is 4.65. The lowest BCUT2D eigenvalue weighted by Gasteiger charge is -2.23. The zero-order chi connectivity index (χ0) is 13.5. The highest BCUT2D eigenvalue weighted by Gasteiger charge is 2.16. The summed E-state index contributed by atoms with van der Waals surface area (Å²) in [6, 6.07) is 7.38. The van der Waals surface area contributed by atoms with E-state index >= 15 is 0 Å². The second-order valence-corrected chi connectivity index (χ2v) is 4.65. The molecule has 0 spiro atoms. The van der Waals surface area contributed by atoms with Gasteiger partial charge >= 0.3 is 0 Å². The third-order valence-electron chi connectivity index (χ3n) is 3.38. The lowest BCUT2D eigenvalue weighted by atomic mass is 9.90. The van der Waals surface area contributed by atoms with E-state index in [9.17, 15) is 10.1 Å². The number of rotatable bonds is 7.